The van der Waals surface area contributed by atoms with Crippen molar-refractivity contribution in [1.82, 2.24) is 0 Å². The van der Waals surface area contributed by atoms with E-state index >= 15 is 0 Å². The van der Waals surface area contributed by atoms with Crippen LogP contribution >= 0.6 is 0 Å². The van der Waals surface area contributed by atoms with Gasteiger partial charge in [0.2, 0.25) is 0 Å². The Morgan fingerprint density at radius 1 is 1.25 bits per heavy atom. The average Bonchev–Trinajstić information content (AvgIpc) is 2.70. The van der Waals surface area contributed by atoms with Crippen molar-refractivity contribution >= 4 is 15.5 Å². The zero-order valence-corrected chi connectivity index (χ0v) is 10.0. The third-order valence-corrected chi connectivity index (χ3v) is 5.03. The molecule has 88 valence electrons. The number of hydrogen-bond acceptors (Lipinski definition) is 3. The molecular formula is C12H17NO2S. The maximum atomic E-state index is 12.1. The highest BCUT2D eigenvalue weighted by Crippen LogP contribution is 2.28. The summed E-state index contributed by atoms with van der Waals surface area (Å²) in [5, 5.41) is 0. The summed E-state index contributed by atoms with van der Waals surface area (Å²) >= 11 is 0. The Morgan fingerprint density at radius 3 is 2.56 bits per heavy atom. The smallest absolute Gasteiger partial charge is 0.178 e. The Balaban J connectivity index is 2.18. The minimum Gasteiger partial charge on any atom is -0.399 e. The summed E-state index contributed by atoms with van der Waals surface area (Å²) in [5.74, 6) is 0.614. The second kappa shape index (κ2) is 4.45. The quantitative estimate of drug-likeness (QED) is 0.823. The van der Waals surface area contributed by atoms with Gasteiger partial charge >= 0.3 is 0 Å². The lowest BCUT2D eigenvalue weighted by Crippen LogP contribution is -2.14. The molecule has 1 aromatic carbocycles. The number of anilines is 1. The van der Waals surface area contributed by atoms with Crippen LogP contribution in [0, 0.1) is 5.92 Å². The standard InChI is InChI=1S/C12H17NO2S/c13-11-6-3-7-12(8-11)16(14,15)9-10-4-1-2-5-10/h3,6-8,10H,1-2,4-5,9,13H2. The summed E-state index contributed by atoms with van der Waals surface area (Å²) in [4.78, 5) is 0.361. The van der Waals surface area contributed by atoms with Crippen molar-refractivity contribution in [3.8, 4) is 0 Å². The largest absolute Gasteiger partial charge is 0.399 e. The molecule has 1 aromatic rings. The van der Waals surface area contributed by atoms with Crippen LogP contribution in [-0.2, 0) is 9.84 Å². The molecule has 2 N–H and O–H groups in total. The zero-order valence-electron chi connectivity index (χ0n) is 9.22. The molecular weight excluding hydrogens is 222 g/mol. The summed E-state index contributed by atoms with van der Waals surface area (Å²) in [6.45, 7) is 0. The van der Waals surface area contributed by atoms with Crippen molar-refractivity contribution in [2.24, 2.45) is 5.92 Å². The molecule has 0 unspecified atom stereocenters. The van der Waals surface area contributed by atoms with E-state index in [1.54, 1.807) is 24.3 Å². The van der Waals surface area contributed by atoms with Crippen LogP contribution in [0.3, 0.4) is 0 Å². The molecule has 1 aliphatic carbocycles. The predicted molar refractivity (Wildman–Crippen MR) is 64.9 cm³/mol. The number of rotatable bonds is 3. The maximum Gasteiger partial charge on any atom is 0.178 e. The molecule has 1 aliphatic rings. The Labute approximate surface area is 96.6 Å². The van der Waals surface area contributed by atoms with Gasteiger partial charge in [0.1, 0.15) is 0 Å². The van der Waals surface area contributed by atoms with E-state index in [1.807, 2.05) is 0 Å². The lowest BCUT2D eigenvalue weighted by atomic mass is 10.1. The van der Waals surface area contributed by atoms with Crippen LogP contribution in [0.1, 0.15) is 25.7 Å². The number of benzene rings is 1. The average molecular weight is 239 g/mol. The van der Waals surface area contributed by atoms with E-state index in [9.17, 15) is 8.42 Å². The van der Waals surface area contributed by atoms with E-state index in [0.29, 0.717) is 16.5 Å². The highest BCUT2D eigenvalue weighted by molar-refractivity contribution is 7.91. The van der Waals surface area contributed by atoms with Gasteiger partial charge in [0, 0.05) is 5.69 Å². The highest BCUT2D eigenvalue weighted by Gasteiger charge is 2.23. The van der Waals surface area contributed by atoms with Crippen LogP contribution in [0.15, 0.2) is 29.2 Å². The van der Waals surface area contributed by atoms with E-state index in [1.165, 1.54) is 0 Å². The van der Waals surface area contributed by atoms with Crippen molar-refractivity contribution in [3.63, 3.8) is 0 Å². The fourth-order valence-corrected chi connectivity index (χ4v) is 4.04. The van der Waals surface area contributed by atoms with Crippen molar-refractivity contribution < 1.29 is 8.42 Å². The number of nitrogens with two attached hydrogens (primary N) is 1. The maximum absolute atomic E-state index is 12.1. The minimum absolute atomic E-state index is 0.274. The second-order valence-electron chi connectivity index (χ2n) is 4.50. The van der Waals surface area contributed by atoms with Crippen LogP contribution < -0.4 is 5.73 Å². The molecule has 0 spiro atoms. The molecule has 0 radical (unpaired) electrons. The summed E-state index contributed by atoms with van der Waals surface area (Å²) in [7, 11) is -3.15. The fourth-order valence-electron chi connectivity index (χ4n) is 2.29. The third kappa shape index (κ3) is 2.55. The Kier molecular flexibility index (Phi) is 3.19. The molecule has 2 rings (SSSR count). The van der Waals surface area contributed by atoms with E-state index in [4.69, 9.17) is 5.73 Å². The van der Waals surface area contributed by atoms with Gasteiger partial charge in [-0.2, -0.15) is 0 Å². The van der Waals surface area contributed by atoms with Crippen LogP contribution in [0.25, 0.3) is 0 Å². The van der Waals surface area contributed by atoms with Gasteiger partial charge in [-0.05, 0) is 37.0 Å². The van der Waals surface area contributed by atoms with Gasteiger partial charge in [-0.15, -0.1) is 0 Å². The molecule has 0 amide bonds. The first kappa shape index (κ1) is 11.5. The van der Waals surface area contributed by atoms with Gasteiger partial charge in [-0.1, -0.05) is 18.9 Å². The lowest BCUT2D eigenvalue weighted by molar-refractivity contribution is 0.559. The van der Waals surface area contributed by atoms with E-state index < -0.39 is 9.84 Å². The SMILES string of the molecule is Nc1cccc(S(=O)(=O)CC2CCCC2)c1. The zero-order chi connectivity index (χ0) is 11.6. The first-order chi connectivity index (χ1) is 7.58. The summed E-state index contributed by atoms with van der Waals surface area (Å²) in [6, 6.07) is 6.57. The van der Waals surface area contributed by atoms with Crippen molar-refractivity contribution in [2.75, 3.05) is 11.5 Å². The monoisotopic (exact) mass is 239 g/mol. The highest BCUT2D eigenvalue weighted by atomic mass is 32.2. The first-order valence-corrected chi connectivity index (χ1v) is 7.31. The van der Waals surface area contributed by atoms with Crippen molar-refractivity contribution in [1.29, 1.82) is 0 Å². The van der Waals surface area contributed by atoms with Crippen LogP contribution in [0.4, 0.5) is 5.69 Å². The number of hydrogen-bond donors (Lipinski definition) is 1. The van der Waals surface area contributed by atoms with Gasteiger partial charge in [-0.3, -0.25) is 0 Å². The van der Waals surface area contributed by atoms with Gasteiger partial charge in [-0.25, -0.2) is 8.42 Å². The second-order valence-corrected chi connectivity index (χ2v) is 6.54. The molecule has 0 aliphatic heterocycles. The predicted octanol–water partition coefficient (Wildman–Crippen LogP) is 2.23. The molecule has 0 heterocycles. The van der Waals surface area contributed by atoms with Crippen molar-refractivity contribution in [3.05, 3.63) is 24.3 Å². The first-order valence-electron chi connectivity index (χ1n) is 5.66. The molecule has 0 bridgehead atoms. The lowest BCUT2D eigenvalue weighted by Gasteiger charge is -2.10. The Morgan fingerprint density at radius 2 is 1.94 bits per heavy atom. The van der Waals surface area contributed by atoms with E-state index in [0.717, 1.165) is 25.7 Å². The van der Waals surface area contributed by atoms with Gasteiger partial charge < -0.3 is 5.73 Å². The fraction of sp³-hybridized carbons (Fsp3) is 0.500. The molecule has 3 nitrogen and oxygen atoms in total. The molecule has 0 saturated heterocycles. The van der Waals surface area contributed by atoms with Gasteiger partial charge in [0.15, 0.2) is 9.84 Å². The van der Waals surface area contributed by atoms with E-state index in [2.05, 4.69) is 0 Å². The van der Waals surface area contributed by atoms with E-state index in [-0.39, 0.29) is 5.75 Å². The number of sulfone groups is 1. The molecule has 1 saturated carbocycles. The summed E-state index contributed by atoms with van der Waals surface area (Å²) < 4.78 is 24.2. The number of nitrogen functional groups attached to an aromatic ring is 1. The van der Waals surface area contributed by atoms with Crippen LogP contribution in [-0.4, -0.2) is 14.2 Å². The molecule has 0 atom stereocenters. The topological polar surface area (TPSA) is 60.2 Å². The molecule has 0 aromatic heterocycles. The summed E-state index contributed by atoms with van der Waals surface area (Å²) in [5.41, 5.74) is 6.11. The Hall–Kier alpha value is -1.03. The normalized spacial score (nSPS) is 17.8. The van der Waals surface area contributed by atoms with Crippen LogP contribution in [0.5, 0.6) is 0 Å². The van der Waals surface area contributed by atoms with Gasteiger partial charge in [0.05, 0.1) is 10.6 Å². The summed E-state index contributed by atoms with van der Waals surface area (Å²) in [6.07, 6.45) is 4.41. The van der Waals surface area contributed by atoms with Crippen molar-refractivity contribution in [2.45, 2.75) is 30.6 Å². The molecule has 16 heavy (non-hydrogen) atoms. The molecule has 4 heteroatoms. The van der Waals surface area contributed by atoms with Gasteiger partial charge in [0.25, 0.3) is 0 Å². The molecule has 1 fully saturated rings. The minimum atomic E-state index is -3.15. The Bertz CT molecular complexity index is 462. The van der Waals surface area contributed by atoms with Crippen LogP contribution in [0.2, 0.25) is 0 Å². The third-order valence-electron chi connectivity index (χ3n) is 3.15.